The molecule has 0 unspecified atom stereocenters. The van der Waals surface area contributed by atoms with Crippen molar-refractivity contribution in [2.75, 3.05) is 0 Å². The minimum atomic E-state index is -0.305. The maximum atomic E-state index is 12.8. The summed E-state index contributed by atoms with van der Waals surface area (Å²) in [5, 5.41) is 13.7. The molecule has 0 radical (unpaired) electrons. The molecule has 0 aliphatic heterocycles. The summed E-state index contributed by atoms with van der Waals surface area (Å²) >= 11 is 7.91. The number of carbonyl (C=O) groups excluding carboxylic acids is 1. The number of rotatable bonds is 5. The summed E-state index contributed by atoms with van der Waals surface area (Å²) in [4.78, 5) is 18.0. The lowest BCUT2D eigenvalue weighted by Crippen LogP contribution is -2.23. The fourth-order valence-electron chi connectivity index (χ4n) is 2.65. The van der Waals surface area contributed by atoms with Crippen LogP contribution in [0.3, 0.4) is 0 Å². The second-order valence-electron chi connectivity index (χ2n) is 5.65. The van der Waals surface area contributed by atoms with Gasteiger partial charge >= 0.3 is 0 Å². The van der Waals surface area contributed by atoms with Crippen LogP contribution in [-0.4, -0.2) is 25.9 Å². The minimum absolute atomic E-state index is 0.222. The van der Waals surface area contributed by atoms with Gasteiger partial charge in [0.25, 0.3) is 5.91 Å². The van der Waals surface area contributed by atoms with E-state index in [2.05, 4.69) is 20.6 Å². The minimum Gasteiger partial charge on any atom is -0.346 e. The molecule has 4 rings (SSSR count). The maximum Gasteiger partial charge on any atom is 0.274 e. The number of aromatic nitrogens is 4. The third-order valence-electron chi connectivity index (χ3n) is 3.90. The molecule has 3 heterocycles. The monoisotopic (exact) mass is 395 g/mol. The number of halogens is 1. The van der Waals surface area contributed by atoms with Gasteiger partial charge < -0.3 is 5.32 Å². The highest BCUT2D eigenvalue weighted by Gasteiger charge is 2.23. The number of para-hydroxylation sites is 1. The quantitative estimate of drug-likeness (QED) is 0.554. The molecule has 0 saturated heterocycles. The fourth-order valence-corrected chi connectivity index (χ4v) is 3.51. The second kappa shape index (κ2) is 7.69. The van der Waals surface area contributed by atoms with Gasteiger partial charge in [0, 0.05) is 22.8 Å². The van der Waals surface area contributed by atoms with Gasteiger partial charge in [0.15, 0.2) is 5.69 Å². The van der Waals surface area contributed by atoms with Crippen molar-refractivity contribution in [2.45, 2.75) is 6.54 Å². The van der Waals surface area contributed by atoms with E-state index in [-0.39, 0.29) is 11.6 Å². The van der Waals surface area contributed by atoms with Crippen LogP contribution in [-0.2, 0) is 6.54 Å². The first-order valence-corrected chi connectivity index (χ1v) is 9.41. The Kier molecular flexibility index (Phi) is 4.95. The van der Waals surface area contributed by atoms with Crippen LogP contribution in [0.2, 0.25) is 5.02 Å². The van der Waals surface area contributed by atoms with Crippen LogP contribution in [0.15, 0.2) is 66.3 Å². The van der Waals surface area contributed by atoms with Crippen molar-refractivity contribution in [3.05, 3.63) is 81.9 Å². The zero-order valence-corrected chi connectivity index (χ0v) is 15.6. The van der Waals surface area contributed by atoms with Gasteiger partial charge in [-0.05, 0) is 35.7 Å². The van der Waals surface area contributed by atoms with Gasteiger partial charge in [-0.15, -0.1) is 16.4 Å². The maximum absolute atomic E-state index is 12.8. The predicted octanol–water partition coefficient (Wildman–Crippen LogP) is 3.97. The van der Waals surface area contributed by atoms with Gasteiger partial charge in [-0.2, -0.15) is 0 Å². The predicted molar refractivity (Wildman–Crippen MR) is 105 cm³/mol. The van der Waals surface area contributed by atoms with Crippen LogP contribution >= 0.6 is 22.9 Å². The molecule has 1 N–H and O–H groups in total. The van der Waals surface area contributed by atoms with Crippen LogP contribution in [0, 0.1) is 0 Å². The molecule has 1 amide bonds. The first-order chi connectivity index (χ1) is 13.2. The lowest BCUT2D eigenvalue weighted by Gasteiger charge is -2.09. The summed E-state index contributed by atoms with van der Waals surface area (Å²) in [6.45, 7) is 0.432. The van der Waals surface area contributed by atoms with E-state index >= 15 is 0 Å². The number of benzene rings is 1. The Morgan fingerprint density at radius 2 is 2.04 bits per heavy atom. The SMILES string of the molecule is O=C(NCc1cccs1)c1nnn(-c2ccccc2Cl)c1-c1cccnc1. The van der Waals surface area contributed by atoms with Crippen LogP contribution in [0.25, 0.3) is 16.9 Å². The first kappa shape index (κ1) is 17.4. The number of pyridine rings is 1. The molecule has 3 aromatic heterocycles. The molecule has 27 heavy (non-hydrogen) atoms. The number of amides is 1. The molecule has 0 atom stereocenters. The van der Waals surface area contributed by atoms with E-state index in [1.54, 1.807) is 40.5 Å². The zero-order valence-electron chi connectivity index (χ0n) is 14.0. The van der Waals surface area contributed by atoms with E-state index in [9.17, 15) is 4.79 Å². The molecule has 8 heteroatoms. The van der Waals surface area contributed by atoms with E-state index in [1.165, 1.54) is 0 Å². The van der Waals surface area contributed by atoms with E-state index in [4.69, 9.17) is 11.6 Å². The Labute approximate surface area is 164 Å². The molecule has 6 nitrogen and oxygen atoms in total. The van der Waals surface area contributed by atoms with E-state index in [0.717, 1.165) is 10.4 Å². The average molecular weight is 396 g/mol. The topological polar surface area (TPSA) is 72.7 Å². The molecule has 1 aromatic carbocycles. The highest BCUT2D eigenvalue weighted by Crippen LogP contribution is 2.28. The van der Waals surface area contributed by atoms with Crippen molar-refractivity contribution in [2.24, 2.45) is 0 Å². The molecular weight excluding hydrogens is 382 g/mol. The highest BCUT2D eigenvalue weighted by atomic mass is 35.5. The molecule has 0 saturated carbocycles. The van der Waals surface area contributed by atoms with E-state index in [1.807, 2.05) is 41.8 Å². The third kappa shape index (κ3) is 3.60. The van der Waals surface area contributed by atoms with Crippen molar-refractivity contribution in [1.82, 2.24) is 25.3 Å². The summed E-state index contributed by atoms with van der Waals surface area (Å²) in [5.74, 6) is -0.305. The van der Waals surface area contributed by atoms with Crippen molar-refractivity contribution >= 4 is 28.8 Å². The molecule has 0 fully saturated rings. The van der Waals surface area contributed by atoms with Gasteiger partial charge in [0.2, 0.25) is 0 Å². The summed E-state index contributed by atoms with van der Waals surface area (Å²) < 4.78 is 1.57. The van der Waals surface area contributed by atoms with Crippen molar-refractivity contribution in [1.29, 1.82) is 0 Å². The molecule has 0 aliphatic rings. The van der Waals surface area contributed by atoms with E-state index < -0.39 is 0 Å². The Hall–Kier alpha value is -3.03. The number of carbonyl (C=O) groups is 1. The van der Waals surface area contributed by atoms with Gasteiger partial charge in [-0.25, -0.2) is 4.68 Å². The van der Waals surface area contributed by atoms with Crippen LogP contribution in [0.5, 0.6) is 0 Å². The number of hydrogen-bond donors (Lipinski definition) is 1. The van der Waals surface area contributed by atoms with Gasteiger partial charge in [0.05, 0.1) is 17.3 Å². The number of hydrogen-bond acceptors (Lipinski definition) is 5. The fraction of sp³-hybridized carbons (Fsp3) is 0.0526. The standard InChI is InChI=1S/C19H14ClN5OS/c20-15-7-1-2-8-16(15)25-18(13-5-3-9-21-11-13)17(23-24-25)19(26)22-12-14-6-4-10-27-14/h1-11H,12H2,(H,22,26). The molecule has 4 aromatic rings. The zero-order chi connectivity index (χ0) is 18.6. The van der Waals surface area contributed by atoms with Crippen LogP contribution < -0.4 is 5.32 Å². The van der Waals surface area contributed by atoms with Crippen molar-refractivity contribution in [3.8, 4) is 16.9 Å². The first-order valence-electron chi connectivity index (χ1n) is 8.15. The Bertz CT molecular complexity index is 1060. The molecule has 134 valence electrons. The largest absolute Gasteiger partial charge is 0.346 e. The lowest BCUT2D eigenvalue weighted by atomic mass is 10.1. The average Bonchev–Trinajstić information content (AvgIpc) is 3.37. The van der Waals surface area contributed by atoms with Crippen LogP contribution in [0.4, 0.5) is 0 Å². The number of thiophene rings is 1. The smallest absolute Gasteiger partial charge is 0.274 e. The Morgan fingerprint density at radius 1 is 1.15 bits per heavy atom. The van der Waals surface area contributed by atoms with Crippen LogP contribution in [0.1, 0.15) is 15.4 Å². The van der Waals surface area contributed by atoms with Gasteiger partial charge in [-0.3, -0.25) is 9.78 Å². The summed E-state index contributed by atoms with van der Waals surface area (Å²) in [6, 6.07) is 14.8. The summed E-state index contributed by atoms with van der Waals surface area (Å²) in [5.41, 5.74) is 2.13. The second-order valence-corrected chi connectivity index (χ2v) is 7.09. The molecule has 0 spiro atoms. The normalized spacial score (nSPS) is 10.7. The molecule has 0 aliphatic carbocycles. The van der Waals surface area contributed by atoms with Crippen molar-refractivity contribution < 1.29 is 4.79 Å². The van der Waals surface area contributed by atoms with Gasteiger partial charge in [-0.1, -0.05) is 35.0 Å². The number of nitrogens with one attached hydrogen (secondary N) is 1. The lowest BCUT2D eigenvalue weighted by molar-refractivity contribution is 0.0947. The van der Waals surface area contributed by atoms with E-state index in [0.29, 0.717) is 22.9 Å². The van der Waals surface area contributed by atoms with Gasteiger partial charge in [0.1, 0.15) is 5.69 Å². The molecule has 0 bridgehead atoms. The number of nitrogens with zero attached hydrogens (tertiary/aromatic N) is 4. The Morgan fingerprint density at radius 3 is 2.78 bits per heavy atom. The molecular formula is C19H14ClN5OS. The highest BCUT2D eigenvalue weighted by molar-refractivity contribution is 7.09. The van der Waals surface area contributed by atoms with Crippen molar-refractivity contribution in [3.63, 3.8) is 0 Å². The summed E-state index contributed by atoms with van der Waals surface area (Å²) in [6.07, 6.45) is 3.34. The Balaban J connectivity index is 1.76. The third-order valence-corrected chi connectivity index (χ3v) is 5.10. The summed E-state index contributed by atoms with van der Waals surface area (Å²) in [7, 11) is 0.